The summed E-state index contributed by atoms with van der Waals surface area (Å²) < 4.78 is 11.1. The number of carbonyl (C=O) groups excluding carboxylic acids is 1. The lowest BCUT2D eigenvalue weighted by atomic mass is 9.98. The van der Waals surface area contributed by atoms with Crippen LogP contribution in [0.25, 0.3) is 0 Å². The zero-order valence-corrected chi connectivity index (χ0v) is 40.1. The molecule has 11 nitrogen and oxygen atoms in total. The maximum absolute atomic E-state index is 13.1. The van der Waals surface area contributed by atoms with Crippen molar-refractivity contribution in [3.05, 3.63) is 0 Å². The summed E-state index contributed by atoms with van der Waals surface area (Å²) >= 11 is 0. The summed E-state index contributed by atoms with van der Waals surface area (Å²) in [6, 6.07) is -1.16. The van der Waals surface area contributed by atoms with Crippen molar-refractivity contribution < 1.29 is 50.0 Å². The van der Waals surface area contributed by atoms with Crippen LogP contribution in [-0.2, 0) is 14.3 Å². The van der Waals surface area contributed by atoms with E-state index in [0.717, 1.165) is 38.5 Å². The Bertz CT molecular complexity index is 975. The van der Waals surface area contributed by atoms with Gasteiger partial charge in [0.15, 0.2) is 6.29 Å². The molecule has 1 aliphatic rings. The number of rotatable bonds is 45. The molecule has 1 fully saturated rings. The summed E-state index contributed by atoms with van der Waals surface area (Å²) in [4.78, 5) is 13.1. The van der Waals surface area contributed by atoms with E-state index in [9.17, 15) is 40.5 Å². The predicted molar refractivity (Wildman–Crippen MR) is 252 cm³/mol. The largest absolute Gasteiger partial charge is 0.394 e. The number of aliphatic hydroxyl groups is 7. The Morgan fingerprint density at radius 1 is 0.500 bits per heavy atom. The van der Waals surface area contributed by atoms with Crippen LogP contribution in [0.4, 0.5) is 0 Å². The standard InChI is InChI=1S/C51H101NO10/c1-3-5-7-9-11-13-15-16-17-18-19-20-21-22-23-24-25-26-27-29-30-32-34-36-38-43(54)46(56)42(41-61-51-49(59)48(58)47(57)45(40-53)62-51)52-50(60)44(55)39-37-35-33-31-28-14-12-10-8-6-4-2/h42-49,51,53-59H,3-41H2,1-2H3,(H,52,60). The van der Waals surface area contributed by atoms with Gasteiger partial charge < -0.3 is 50.5 Å². The van der Waals surface area contributed by atoms with Crippen LogP contribution in [0.3, 0.4) is 0 Å². The molecule has 0 spiro atoms. The Hall–Kier alpha value is -0.890. The van der Waals surface area contributed by atoms with Crippen LogP contribution in [0.1, 0.15) is 251 Å². The van der Waals surface area contributed by atoms with Gasteiger partial charge in [0.2, 0.25) is 5.91 Å². The number of aliphatic hydroxyl groups excluding tert-OH is 7. The molecule has 0 aromatic rings. The topological polar surface area (TPSA) is 189 Å². The SMILES string of the molecule is CCCCCCCCCCCCCCCCCCCCCCCCCCC(O)C(O)C(COC1OC(CO)C(O)C(O)C1O)NC(=O)C(O)CCCCCCCCCCCCC. The van der Waals surface area contributed by atoms with E-state index in [-0.39, 0.29) is 6.42 Å². The number of hydrogen-bond acceptors (Lipinski definition) is 10. The van der Waals surface area contributed by atoms with Crippen LogP contribution in [-0.4, -0.2) is 110 Å². The van der Waals surface area contributed by atoms with Gasteiger partial charge in [-0.05, 0) is 12.8 Å². The second-order valence-corrected chi connectivity index (χ2v) is 19.0. The van der Waals surface area contributed by atoms with E-state index in [4.69, 9.17) is 9.47 Å². The van der Waals surface area contributed by atoms with Gasteiger partial charge in [0.25, 0.3) is 0 Å². The average molecular weight is 888 g/mol. The summed E-state index contributed by atoms with van der Waals surface area (Å²) in [5, 5.41) is 75.8. The third kappa shape index (κ3) is 30.3. The van der Waals surface area contributed by atoms with Gasteiger partial charge in [-0.3, -0.25) is 4.79 Å². The maximum atomic E-state index is 13.1. The van der Waals surface area contributed by atoms with E-state index in [1.165, 1.54) is 173 Å². The first-order chi connectivity index (χ1) is 30.2. The number of amides is 1. The Balaban J connectivity index is 2.30. The Kier molecular flexibility index (Phi) is 39.6. The van der Waals surface area contributed by atoms with Gasteiger partial charge in [-0.15, -0.1) is 0 Å². The van der Waals surface area contributed by atoms with Crippen LogP contribution in [0.15, 0.2) is 0 Å². The van der Waals surface area contributed by atoms with Gasteiger partial charge in [0, 0.05) is 0 Å². The monoisotopic (exact) mass is 888 g/mol. The zero-order chi connectivity index (χ0) is 45.5. The van der Waals surface area contributed by atoms with E-state index in [1.807, 2.05) is 0 Å². The molecule has 9 atom stereocenters. The number of hydrogen-bond donors (Lipinski definition) is 8. The molecule has 8 N–H and O–H groups in total. The lowest BCUT2D eigenvalue weighted by Crippen LogP contribution is -2.60. The van der Waals surface area contributed by atoms with Crippen LogP contribution in [0.5, 0.6) is 0 Å². The highest BCUT2D eigenvalue weighted by atomic mass is 16.7. The normalized spacial score (nSPS) is 21.2. The first-order valence-electron chi connectivity index (χ1n) is 26.4. The molecule has 0 aromatic heterocycles. The third-order valence-corrected chi connectivity index (χ3v) is 13.2. The minimum Gasteiger partial charge on any atom is -0.394 e. The van der Waals surface area contributed by atoms with Gasteiger partial charge in [-0.1, -0.05) is 239 Å². The summed E-state index contributed by atoms with van der Waals surface area (Å²) in [5.41, 5.74) is 0. The van der Waals surface area contributed by atoms with E-state index >= 15 is 0 Å². The quantitative estimate of drug-likeness (QED) is 0.0273. The molecular formula is C51H101NO10. The minimum absolute atomic E-state index is 0.265. The molecule has 0 aromatic carbocycles. The van der Waals surface area contributed by atoms with Crippen LogP contribution in [0.2, 0.25) is 0 Å². The number of nitrogens with one attached hydrogen (secondary N) is 1. The van der Waals surface area contributed by atoms with Crippen molar-refractivity contribution in [2.75, 3.05) is 13.2 Å². The van der Waals surface area contributed by atoms with Crippen LogP contribution in [0, 0.1) is 0 Å². The molecule has 0 radical (unpaired) electrons. The molecule has 1 aliphatic heterocycles. The van der Waals surface area contributed by atoms with Crippen molar-refractivity contribution in [2.45, 2.75) is 306 Å². The van der Waals surface area contributed by atoms with Crippen molar-refractivity contribution in [3.8, 4) is 0 Å². The van der Waals surface area contributed by atoms with Gasteiger partial charge in [-0.25, -0.2) is 0 Å². The first-order valence-corrected chi connectivity index (χ1v) is 26.4. The summed E-state index contributed by atoms with van der Waals surface area (Å²) in [7, 11) is 0. The highest BCUT2D eigenvalue weighted by molar-refractivity contribution is 5.80. The number of carbonyl (C=O) groups is 1. The average Bonchev–Trinajstić information content (AvgIpc) is 3.27. The molecular weight excluding hydrogens is 787 g/mol. The molecule has 11 heteroatoms. The fraction of sp³-hybridized carbons (Fsp3) is 0.980. The van der Waals surface area contributed by atoms with Gasteiger partial charge in [0.1, 0.15) is 36.6 Å². The zero-order valence-electron chi connectivity index (χ0n) is 40.1. The van der Waals surface area contributed by atoms with E-state index in [2.05, 4.69) is 19.2 Å². The fourth-order valence-electron chi connectivity index (χ4n) is 8.80. The Labute approximate surface area is 379 Å². The molecule has 1 rings (SSSR count). The second-order valence-electron chi connectivity index (χ2n) is 19.0. The summed E-state index contributed by atoms with van der Waals surface area (Å²) in [6.45, 7) is 3.46. The maximum Gasteiger partial charge on any atom is 0.249 e. The molecule has 62 heavy (non-hydrogen) atoms. The number of unbranched alkanes of at least 4 members (excludes halogenated alkanes) is 33. The van der Waals surface area contributed by atoms with Crippen molar-refractivity contribution in [2.24, 2.45) is 0 Å². The molecule has 1 saturated heterocycles. The van der Waals surface area contributed by atoms with Crippen molar-refractivity contribution in [3.63, 3.8) is 0 Å². The molecule has 0 saturated carbocycles. The lowest BCUT2D eigenvalue weighted by Gasteiger charge is -2.40. The van der Waals surface area contributed by atoms with Gasteiger partial charge in [0.05, 0.1) is 25.4 Å². The van der Waals surface area contributed by atoms with Crippen LogP contribution < -0.4 is 5.32 Å². The van der Waals surface area contributed by atoms with Crippen LogP contribution >= 0.6 is 0 Å². The molecule has 0 aliphatic carbocycles. The molecule has 1 heterocycles. The van der Waals surface area contributed by atoms with E-state index in [1.54, 1.807) is 0 Å². The fourth-order valence-corrected chi connectivity index (χ4v) is 8.80. The number of ether oxygens (including phenoxy) is 2. The Morgan fingerprint density at radius 3 is 1.19 bits per heavy atom. The third-order valence-electron chi connectivity index (χ3n) is 13.2. The highest BCUT2D eigenvalue weighted by Gasteiger charge is 2.44. The summed E-state index contributed by atoms with van der Waals surface area (Å²) in [6.07, 6.45) is 33.1. The molecule has 1 amide bonds. The Morgan fingerprint density at radius 2 is 0.839 bits per heavy atom. The molecule has 9 unspecified atom stereocenters. The highest BCUT2D eigenvalue weighted by Crippen LogP contribution is 2.23. The van der Waals surface area contributed by atoms with Crippen molar-refractivity contribution in [1.29, 1.82) is 0 Å². The molecule has 370 valence electrons. The lowest BCUT2D eigenvalue weighted by molar-refractivity contribution is -0.303. The van der Waals surface area contributed by atoms with Gasteiger partial charge >= 0.3 is 0 Å². The van der Waals surface area contributed by atoms with E-state index < -0.39 is 74.2 Å². The smallest absolute Gasteiger partial charge is 0.249 e. The van der Waals surface area contributed by atoms with Crippen molar-refractivity contribution >= 4 is 5.91 Å². The second kappa shape index (κ2) is 41.5. The van der Waals surface area contributed by atoms with Crippen molar-refractivity contribution in [1.82, 2.24) is 5.32 Å². The predicted octanol–water partition coefficient (Wildman–Crippen LogP) is 9.84. The van der Waals surface area contributed by atoms with Gasteiger partial charge in [-0.2, -0.15) is 0 Å². The minimum atomic E-state index is -1.66. The molecule has 0 bridgehead atoms. The summed E-state index contributed by atoms with van der Waals surface area (Å²) in [5.74, 6) is -0.694. The first kappa shape index (κ1) is 59.1. The van der Waals surface area contributed by atoms with E-state index in [0.29, 0.717) is 19.3 Å².